The fourth-order valence-corrected chi connectivity index (χ4v) is 1.79. The van der Waals surface area contributed by atoms with E-state index in [4.69, 9.17) is 9.84 Å². The van der Waals surface area contributed by atoms with Crippen molar-refractivity contribution >= 4 is 17.6 Å². The molecule has 3 N–H and O–H groups in total. The van der Waals surface area contributed by atoms with Crippen molar-refractivity contribution in [1.82, 2.24) is 0 Å². The number of rotatable bonds is 3. The zero-order valence-electron chi connectivity index (χ0n) is 12.0. The maximum atomic E-state index is 11.8. The van der Waals surface area contributed by atoms with Crippen LogP contribution in [0.5, 0.6) is 0 Å². The fraction of sp³-hybridized carbons (Fsp3) is 0.333. The molecular weight excluding hydrogens is 274 g/mol. The summed E-state index contributed by atoms with van der Waals surface area (Å²) >= 11 is 0. The fourth-order valence-electron chi connectivity index (χ4n) is 1.79. The lowest BCUT2D eigenvalue weighted by molar-refractivity contribution is -0.212. The number of anilines is 1. The molecule has 0 aliphatic carbocycles. The Morgan fingerprint density at radius 3 is 2.24 bits per heavy atom. The molecule has 1 heterocycles. The first-order valence-electron chi connectivity index (χ1n) is 6.41. The Morgan fingerprint density at radius 1 is 1.24 bits per heavy atom. The maximum absolute atomic E-state index is 11.8. The summed E-state index contributed by atoms with van der Waals surface area (Å²) < 4.78 is 5.03. The number of aliphatic hydroxyl groups is 1. The van der Waals surface area contributed by atoms with E-state index in [0.29, 0.717) is 5.69 Å². The Bertz CT molecular complexity index is 612. The Balaban J connectivity index is 2.21. The molecule has 0 amide bonds. The van der Waals surface area contributed by atoms with Crippen LogP contribution in [0.3, 0.4) is 0 Å². The summed E-state index contributed by atoms with van der Waals surface area (Å²) in [7, 11) is 0. The topological polar surface area (TPSA) is 95.9 Å². The molecule has 1 aromatic carbocycles. The third kappa shape index (κ3) is 2.90. The van der Waals surface area contributed by atoms with E-state index in [1.807, 2.05) is 0 Å². The van der Waals surface area contributed by atoms with Gasteiger partial charge in [0.25, 0.3) is 0 Å². The van der Waals surface area contributed by atoms with Crippen LogP contribution < -0.4 is 5.32 Å². The van der Waals surface area contributed by atoms with Gasteiger partial charge in [-0.1, -0.05) is 20.8 Å². The number of nitrogens with one attached hydrogen (secondary N) is 1. The van der Waals surface area contributed by atoms with Gasteiger partial charge in [-0.05, 0) is 24.3 Å². The number of hydrogen-bond acceptors (Lipinski definition) is 5. The molecule has 1 unspecified atom stereocenters. The van der Waals surface area contributed by atoms with Crippen LogP contribution >= 0.6 is 0 Å². The number of hydrogen-bond donors (Lipinski definition) is 3. The highest BCUT2D eigenvalue weighted by Crippen LogP contribution is 2.38. The predicted molar refractivity (Wildman–Crippen MR) is 75.6 cm³/mol. The molecule has 0 saturated heterocycles. The minimum atomic E-state index is -1.67. The van der Waals surface area contributed by atoms with Gasteiger partial charge in [-0.25, -0.2) is 9.59 Å². The van der Waals surface area contributed by atoms with Crippen molar-refractivity contribution in [2.45, 2.75) is 26.6 Å². The number of cyclic esters (lactones) is 1. The third-order valence-electron chi connectivity index (χ3n) is 3.29. The predicted octanol–water partition coefficient (Wildman–Crippen LogP) is 1.97. The molecule has 0 fully saturated rings. The van der Waals surface area contributed by atoms with Crippen molar-refractivity contribution < 1.29 is 24.5 Å². The van der Waals surface area contributed by atoms with Crippen LogP contribution in [0.25, 0.3) is 0 Å². The van der Waals surface area contributed by atoms with E-state index in [0.717, 1.165) is 0 Å². The standard InChI is InChI=1S/C15H17NO5/c1-14(2,3)15(20)8-11(13(19)21-15)16-10-6-4-9(5-7-10)12(17)18/h4-8,16,20H,1-3H3,(H,17,18). The molecule has 1 aliphatic rings. The van der Waals surface area contributed by atoms with Crippen LogP contribution in [0.2, 0.25) is 0 Å². The van der Waals surface area contributed by atoms with E-state index >= 15 is 0 Å². The van der Waals surface area contributed by atoms with E-state index < -0.39 is 23.1 Å². The van der Waals surface area contributed by atoms with Crippen molar-refractivity contribution in [3.8, 4) is 0 Å². The Labute approximate surface area is 122 Å². The van der Waals surface area contributed by atoms with Crippen molar-refractivity contribution in [2.24, 2.45) is 5.41 Å². The highest BCUT2D eigenvalue weighted by molar-refractivity contribution is 5.95. The summed E-state index contributed by atoms with van der Waals surface area (Å²) in [5, 5.41) is 22.0. The largest absolute Gasteiger partial charge is 0.478 e. The Hall–Kier alpha value is -2.34. The number of ether oxygens (including phenoxy) is 1. The summed E-state index contributed by atoms with van der Waals surface area (Å²) in [5.41, 5.74) is 0.130. The second-order valence-corrected chi connectivity index (χ2v) is 5.90. The molecule has 6 nitrogen and oxygen atoms in total. The van der Waals surface area contributed by atoms with Gasteiger partial charge in [-0.15, -0.1) is 0 Å². The van der Waals surface area contributed by atoms with E-state index in [1.54, 1.807) is 20.8 Å². The average molecular weight is 291 g/mol. The first-order chi connectivity index (χ1) is 9.62. The minimum absolute atomic E-state index is 0.121. The van der Waals surface area contributed by atoms with Crippen molar-refractivity contribution in [1.29, 1.82) is 0 Å². The van der Waals surface area contributed by atoms with Gasteiger partial charge in [0.05, 0.1) is 5.56 Å². The molecule has 0 bridgehead atoms. The lowest BCUT2D eigenvalue weighted by Gasteiger charge is -2.33. The highest BCUT2D eigenvalue weighted by Gasteiger charge is 2.47. The summed E-state index contributed by atoms with van der Waals surface area (Å²) in [4.78, 5) is 22.6. The number of aromatic carboxylic acids is 1. The molecular formula is C15H17NO5. The van der Waals surface area contributed by atoms with Gasteiger partial charge in [0.1, 0.15) is 5.70 Å². The quantitative estimate of drug-likeness (QED) is 0.737. The van der Waals surface area contributed by atoms with Crippen LogP contribution in [0.4, 0.5) is 5.69 Å². The molecule has 2 rings (SSSR count). The summed E-state index contributed by atoms with van der Waals surface area (Å²) in [6.07, 6.45) is 1.33. The number of carbonyl (C=O) groups excluding carboxylic acids is 1. The second kappa shape index (κ2) is 4.89. The Morgan fingerprint density at radius 2 is 1.81 bits per heavy atom. The number of esters is 1. The minimum Gasteiger partial charge on any atom is -0.478 e. The van der Waals surface area contributed by atoms with Crippen LogP contribution in [0.1, 0.15) is 31.1 Å². The SMILES string of the molecule is CC(C)(C)C1(O)C=C(Nc2ccc(C(=O)O)cc2)C(=O)O1. The van der Waals surface area contributed by atoms with E-state index in [9.17, 15) is 14.7 Å². The first kappa shape index (κ1) is 15.1. The molecule has 1 atom stereocenters. The highest BCUT2D eigenvalue weighted by atomic mass is 16.7. The number of benzene rings is 1. The van der Waals surface area contributed by atoms with E-state index in [2.05, 4.69) is 5.32 Å². The molecule has 6 heteroatoms. The molecule has 0 spiro atoms. The first-order valence-corrected chi connectivity index (χ1v) is 6.41. The number of carbonyl (C=O) groups is 2. The molecule has 0 radical (unpaired) electrons. The van der Waals surface area contributed by atoms with Crippen LogP contribution in [0, 0.1) is 5.41 Å². The average Bonchev–Trinajstić information content (AvgIpc) is 2.65. The number of carboxylic acid groups (broad SMARTS) is 1. The van der Waals surface area contributed by atoms with Gasteiger partial charge >= 0.3 is 11.9 Å². The van der Waals surface area contributed by atoms with Gasteiger partial charge in [0.2, 0.25) is 5.79 Å². The summed E-state index contributed by atoms with van der Waals surface area (Å²) in [6.45, 7) is 5.25. The van der Waals surface area contributed by atoms with Gasteiger partial charge in [0.15, 0.2) is 0 Å². The Kier molecular flexibility index (Phi) is 3.51. The second-order valence-electron chi connectivity index (χ2n) is 5.90. The van der Waals surface area contributed by atoms with Gasteiger partial charge < -0.3 is 20.3 Å². The molecule has 112 valence electrons. The smallest absolute Gasteiger partial charge is 0.357 e. The normalized spacial score (nSPS) is 21.7. The van der Waals surface area contributed by atoms with Crippen molar-refractivity contribution in [2.75, 3.05) is 5.32 Å². The lowest BCUT2D eigenvalue weighted by atomic mass is 9.85. The zero-order valence-corrected chi connectivity index (χ0v) is 12.0. The van der Waals surface area contributed by atoms with Crippen molar-refractivity contribution in [3.63, 3.8) is 0 Å². The number of carboxylic acids is 1. The van der Waals surface area contributed by atoms with Crippen LogP contribution in [-0.4, -0.2) is 27.9 Å². The molecule has 0 saturated carbocycles. The van der Waals surface area contributed by atoms with E-state index in [1.165, 1.54) is 30.3 Å². The maximum Gasteiger partial charge on any atom is 0.357 e. The van der Waals surface area contributed by atoms with E-state index in [-0.39, 0.29) is 11.3 Å². The molecule has 21 heavy (non-hydrogen) atoms. The molecule has 1 aliphatic heterocycles. The van der Waals surface area contributed by atoms with Gasteiger partial charge in [-0.2, -0.15) is 0 Å². The summed E-state index contributed by atoms with van der Waals surface area (Å²) in [6, 6.07) is 5.90. The van der Waals surface area contributed by atoms with Crippen LogP contribution in [-0.2, 0) is 9.53 Å². The monoisotopic (exact) mass is 291 g/mol. The molecule has 1 aromatic rings. The lowest BCUT2D eigenvalue weighted by Crippen LogP contribution is -2.41. The van der Waals surface area contributed by atoms with Gasteiger partial charge in [-0.3, -0.25) is 0 Å². The molecule has 0 aromatic heterocycles. The van der Waals surface area contributed by atoms with Crippen molar-refractivity contribution in [3.05, 3.63) is 41.6 Å². The zero-order chi connectivity index (χ0) is 15.8. The summed E-state index contributed by atoms with van der Waals surface area (Å²) in [5.74, 6) is -3.36. The van der Waals surface area contributed by atoms with Crippen LogP contribution in [0.15, 0.2) is 36.0 Å². The van der Waals surface area contributed by atoms with Gasteiger partial charge in [0, 0.05) is 17.2 Å². The third-order valence-corrected chi connectivity index (χ3v) is 3.29.